The summed E-state index contributed by atoms with van der Waals surface area (Å²) in [6, 6.07) is 24.7. The van der Waals surface area contributed by atoms with Crippen molar-refractivity contribution >= 4 is 17.4 Å². The minimum atomic E-state index is -0.204. The van der Waals surface area contributed by atoms with Crippen molar-refractivity contribution < 1.29 is 9.59 Å². The van der Waals surface area contributed by atoms with Gasteiger partial charge in [0.1, 0.15) is 0 Å². The predicted molar refractivity (Wildman–Crippen MR) is 125 cm³/mol. The van der Waals surface area contributed by atoms with Crippen LogP contribution in [0.3, 0.4) is 0 Å². The Morgan fingerprint density at radius 2 is 1.55 bits per heavy atom. The van der Waals surface area contributed by atoms with E-state index in [2.05, 4.69) is 30.4 Å². The highest BCUT2D eigenvalue weighted by molar-refractivity contribution is 6.05. The van der Waals surface area contributed by atoms with E-state index in [9.17, 15) is 9.59 Å². The molecule has 158 valence electrons. The molecule has 1 aliphatic carbocycles. The second-order valence-corrected chi connectivity index (χ2v) is 8.58. The first-order valence-corrected chi connectivity index (χ1v) is 10.7. The average Bonchev–Trinajstić information content (AvgIpc) is 2.79. The van der Waals surface area contributed by atoms with Crippen LogP contribution in [0.4, 0.5) is 5.69 Å². The van der Waals surface area contributed by atoms with Crippen molar-refractivity contribution in [3.63, 3.8) is 0 Å². The first kappa shape index (κ1) is 21.0. The molecule has 0 spiro atoms. The molecule has 4 heteroatoms. The molecule has 1 N–H and O–H groups in total. The van der Waals surface area contributed by atoms with E-state index in [1.165, 1.54) is 5.56 Å². The monoisotopic (exact) mass is 412 g/mol. The summed E-state index contributed by atoms with van der Waals surface area (Å²) in [5.41, 5.74) is 4.31. The highest BCUT2D eigenvalue weighted by Crippen LogP contribution is 2.38. The molecule has 0 saturated carbocycles. The smallest absolute Gasteiger partial charge is 0.255 e. The Kier molecular flexibility index (Phi) is 6.28. The van der Waals surface area contributed by atoms with Gasteiger partial charge >= 0.3 is 0 Å². The first-order valence-electron chi connectivity index (χ1n) is 10.7. The van der Waals surface area contributed by atoms with Crippen molar-refractivity contribution in [3.05, 3.63) is 101 Å². The van der Waals surface area contributed by atoms with Gasteiger partial charge in [0.2, 0.25) is 0 Å². The minimum absolute atomic E-state index is 0.146. The fourth-order valence-corrected chi connectivity index (χ4v) is 4.54. The number of nitrogens with one attached hydrogen (secondary N) is 1. The van der Waals surface area contributed by atoms with Gasteiger partial charge < -0.3 is 10.2 Å². The van der Waals surface area contributed by atoms with Gasteiger partial charge in [0.05, 0.1) is 0 Å². The third-order valence-corrected chi connectivity index (χ3v) is 5.89. The molecule has 4 nitrogen and oxygen atoms in total. The summed E-state index contributed by atoms with van der Waals surface area (Å²) >= 11 is 0. The maximum atomic E-state index is 13.4. The van der Waals surface area contributed by atoms with Crippen LogP contribution in [0.5, 0.6) is 0 Å². The second-order valence-electron chi connectivity index (χ2n) is 8.58. The van der Waals surface area contributed by atoms with E-state index in [1.54, 1.807) is 12.1 Å². The van der Waals surface area contributed by atoms with E-state index in [-0.39, 0.29) is 17.6 Å². The number of carbonyl (C=O) groups excluding carboxylic acids is 2. The predicted octanol–water partition coefficient (Wildman–Crippen LogP) is 5.03. The molecule has 31 heavy (non-hydrogen) atoms. The van der Waals surface area contributed by atoms with Crippen molar-refractivity contribution in [3.8, 4) is 0 Å². The van der Waals surface area contributed by atoms with Crippen LogP contribution in [-0.2, 0) is 6.42 Å². The number of anilines is 1. The van der Waals surface area contributed by atoms with E-state index < -0.39 is 0 Å². The number of hydrogen-bond donors (Lipinski definition) is 1. The number of ketones is 1. The van der Waals surface area contributed by atoms with Gasteiger partial charge in [0.25, 0.3) is 5.91 Å². The fraction of sp³-hybridized carbons (Fsp3) is 0.259. The largest absolute Gasteiger partial charge is 0.322 e. The first-order chi connectivity index (χ1) is 15.0. The molecule has 0 radical (unpaired) electrons. The molecular weight excluding hydrogens is 384 g/mol. The van der Waals surface area contributed by atoms with Crippen LogP contribution in [0.1, 0.15) is 44.2 Å². The molecule has 0 saturated heterocycles. The Bertz CT molecular complexity index is 1060. The van der Waals surface area contributed by atoms with Gasteiger partial charge in [-0.3, -0.25) is 9.59 Å². The Morgan fingerprint density at radius 3 is 2.19 bits per heavy atom. The van der Waals surface area contributed by atoms with Crippen LogP contribution in [0.15, 0.2) is 78.9 Å². The second kappa shape index (κ2) is 9.27. The number of hydrogen-bond acceptors (Lipinski definition) is 3. The molecule has 3 aromatic carbocycles. The highest BCUT2D eigenvalue weighted by atomic mass is 16.1. The molecule has 1 amide bonds. The summed E-state index contributed by atoms with van der Waals surface area (Å²) in [5, 5.41) is 2.99. The number of carbonyl (C=O) groups is 2. The third kappa shape index (κ3) is 4.92. The summed E-state index contributed by atoms with van der Waals surface area (Å²) < 4.78 is 0. The Labute approximate surface area is 183 Å². The lowest BCUT2D eigenvalue weighted by Gasteiger charge is -2.33. The molecule has 0 heterocycles. The molecule has 1 aliphatic rings. The van der Waals surface area contributed by atoms with E-state index in [4.69, 9.17) is 0 Å². The highest BCUT2D eigenvalue weighted by Gasteiger charge is 2.32. The maximum absolute atomic E-state index is 13.4. The zero-order valence-corrected chi connectivity index (χ0v) is 18.0. The van der Waals surface area contributed by atoms with Gasteiger partial charge in [-0.1, -0.05) is 54.6 Å². The Morgan fingerprint density at radius 1 is 0.903 bits per heavy atom. The molecule has 2 unspecified atom stereocenters. The fourth-order valence-electron chi connectivity index (χ4n) is 4.54. The molecule has 2 atom stereocenters. The number of amides is 1. The topological polar surface area (TPSA) is 49.4 Å². The van der Waals surface area contributed by atoms with Crippen LogP contribution in [-0.4, -0.2) is 37.2 Å². The van der Waals surface area contributed by atoms with E-state index in [0.29, 0.717) is 11.5 Å². The standard InChI is InChI=1S/C27H28N2O2/c1-29(2)18-19-15-22-13-14-23(28-27(31)21-11-7-4-8-12-21)17-24(22)25(16-19)26(30)20-9-5-3-6-10-20/h3-14,17,19,25H,15-16,18H2,1-2H3,(H,28,31). The number of fused-ring (bicyclic) bond motifs is 1. The van der Waals surface area contributed by atoms with Crippen LogP contribution in [0.2, 0.25) is 0 Å². The molecule has 0 bridgehead atoms. The summed E-state index contributed by atoms with van der Waals surface area (Å²) in [5.74, 6) is 0.222. The number of benzene rings is 3. The normalized spacial score (nSPS) is 17.8. The summed E-state index contributed by atoms with van der Waals surface area (Å²) in [6.45, 7) is 0.949. The summed E-state index contributed by atoms with van der Waals surface area (Å²) in [7, 11) is 4.15. The number of rotatable bonds is 6. The minimum Gasteiger partial charge on any atom is -0.322 e. The van der Waals surface area contributed by atoms with E-state index in [1.807, 2.05) is 60.7 Å². The lowest BCUT2D eigenvalue weighted by atomic mass is 9.73. The quantitative estimate of drug-likeness (QED) is 0.578. The van der Waals surface area contributed by atoms with Crippen LogP contribution in [0, 0.1) is 5.92 Å². The molecule has 4 rings (SSSR count). The van der Waals surface area contributed by atoms with Gasteiger partial charge in [0.15, 0.2) is 5.78 Å². The molecule has 0 aliphatic heterocycles. The van der Waals surface area contributed by atoms with Crippen molar-refractivity contribution in [2.24, 2.45) is 5.92 Å². The molecule has 3 aromatic rings. The lowest BCUT2D eigenvalue weighted by Crippen LogP contribution is -2.31. The van der Waals surface area contributed by atoms with E-state index in [0.717, 1.165) is 36.2 Å². The summed E-state index contributed by atoms with van der Waals surface area (Å²) in [6.07, 6.45) is 1.76. The van der Waals surface area contributed by atoms with Gasteiger partial charge in [-0.25, -0.2) is 0 Å². The van der Waals surface area contributed by atoms with Crippen LogP contribution < -0.4 is 5.32 Å². The maximum Gasteiger partial charge on any atom is 0.255 e. The molecule has 0 fully saturated rings. The van der Waals surface area contributed by atoms with Crippen molar-refractivity contribution in [1.29, 1.82) is 0 Å². The average molecular weight is 413 g/mol. The molecule has 0 aromatic heterocycles. The summed E-state index contributed by atoms with van der Waals surface area (Å²) in [4.78, 5) is 28.2. The van der Waals surface area contributed by atoms with Crippen molar-refractivity contribution in [2.75, 3.05) is 26.0 Å². The zero-order chi connectivity index (χ0) is 21.8. The van der Waals surface area contributed by atoms with Crippen molar-refractivity contribution in [2.45, 2.75) is 18.8 Å². The van der Waals surface area contributed by atoms with E-state index >= 15 is 0 Å². The van der Waals surface area contributed by atoms with Gasteiger partial charge in [-0.15, -0.1) is 0 Å². The van der Waals surface area contributed by atoms with Gasteiger partial charge in [-0.2, -0.15) is 0 Å². The Hall–Kier alpha value is -3.24. The third-order valence-electron chi connectivity index (χ3n) is 5.89. The van der Waals surface area contributed by atoms with Crippen LogP contribution in [0.25, 0.3) is 0 Å². The SMILES string of the molecule is CN(C)CC1Cc2ccc(NC(=O)c3ccccc3)cc2C(C(=O)c2ccccc2)C1. The van der Waals surface area contributed by atoms with Gasteiger partial charge in [0, 0.05) is 29.3 Å². The lowest BCUT2D eigenvalue weighted by molar-refractivity contribution is 0.0936. The van der Waals surface area contributed by atoms with Crippen molar-refractivity contribution in [1.82, 2.24) is 4.90 Å². The number of nitrogens with zero attached hydrogens (tertiary/aromatic N) is 1. The molecular formula is C27H28N2O2. The Balaban J connectivity index is 1.65. The van der Waals surface area contributed by atoms with Crippen LogP contribution >= 0.6 is 0 Å². The van der Waals surface area contributed by atoms with Gasteiger partial charge in [-0.05, 0) is 68.2 Å². The number of Topliss-reactive ketones (excluding diaryl/α,β-unsaturated/α-hetero) is 1. The zero-order valence-electron chi connectivity index (χ0n) is 18.0.